The number of nitro groups is 1. The number of nitrogens with zero attached hydrogens (tertiary/aromatic N) is 1. The molecule has 1 aliphatic rings. The third-order valence-corrected chi connectivity index (χ3v) is 5.76. The van der Waals surface area contributed by atoms with E-state index in [1.165, 1.54) is 49.4 Å². The number of aliphatic hydroxyl groups excluding tert-OH is 3. The molecule has 2 aromatic rings. The minimum atomic E-state index is -3.63. The molecule has 2 unspecified atom stereocenters. The van der Waals surface area contributed by atoms with E-state index in [-0.39, 0.29) is 28.3 Å². The predicted octanol–water partition coefficient (Wildman–Crippen LogP) is -0.0442. The van der Waals surface area contributed by atoms with Gasteiger partial charge in [0.15, 0.2) is 0 Å². The molecule has 1 saturated heterocycles. The van der Waals surface area contributed by atoms with Crippen molar-refractivity contribution in [2.75, 3.05) is 17.6 Å². The Morgan fingerprint density at radius 1 is 1.20 bits per heavy atom. The van der Waals surface area contributed by atoms with Gasteiger partial charge in [-0.05, 0) is 23.8 Å². The second-order valence-electron chi connectivity index (χ2n) is 7.91. The Hall–Kier alpha value is -3.30. The molecule has 0 spiro atoms. The summed E-state index contributed by atoms with van der Waals surface area (Å²) in [4.78, 5) is 22.8. The van der Waals surface area contributed by atoms with Crippen molar-refractivity contribution in [1.82, 2.24) is 5.32 Å². The molecule has 1 heterocycles. The fraction of sp³-hybridized carbons (Fsp3) is 0.381. The molecule has 0 radical (unpaired) electrons. The maximum absolute atomic E-state index is 11.8. The number of carbonyl (C=O) groups is 1. The van der Waals surface area contributed by atoms with Crippen molar-refractivity contribution in [1.29, 1.82) is 0 Å². The molecule has 190 valence electrons. The number of aliphatic hydroxyl groups is 3. The number of anilines is 1. The maximum atomic E-state index is 11.8. The minimum Gasteiger partial charge on any atom is -0.462 e. The van der Waals surface area contributed by atoms with Gasteiger partial charge in [-0.1, -0.05) is 18.2 Å². The van der Waals surface area contributed by atoms with Crippen LogP contribution in [-0.2, 0) is 19.6 Å². The van der Waals surface area contributed by atoms with Crippen LogP contribution in [0.1, 0.15) is 6.92 Å². The molecular formula is C21H25N3O10S. The summed E-state index contributed by atoms with van der Waals surface area (Å²) in [6.07, 6.45) is -4.88. The zero-order valence-electron chi connectivity index (χ0n) is 18.7. The van der Waals surface area contributed by atoms with Crippen LogP contribution in [0.5, 0.6) is 5.75 Å². The molecule has 0 aromatic heterocycles. The van der Waals surface area contributed by atoms with Gasteiger partial charge < -0.3 is 30.1 Å². The van der Waals surface area contributed by atoms with Crippen LogP contribution in [0.15, 0.2) is 42.5 Å². The van der Waals surface area contributed by atoms with Gasteiger partial charge in [-0.25, -0.2) is 8.42 Å². The van der Waals surface area contributed by atoms with Crippen molar-refractivity contribution in [3.63, 3.8) is 0 Å². The molecule has 0 saturated carbocycles. The van der Waals surface area contributed by atoms with Crippen molar-refractivity contribution < 1.29 is 42.9 Å². The third-order valence-electron chi connectivity index (χ3n) is 5.15. The lowest BCUT2D eigenvalue weighted by Crippen LogP contribution is -2.65. The van der Waals surface area contributed by atoms with Crippen molar-refractivity contribution in [2.45, 2.75) is 37.6 Å². The Labute approximate surface area is 200 Å². The van der Waals surface area contributed by atoms with E-state index in [4.69, 9.17) is 9.47 Å². The fourth-order valence-electron chi connectivity index (χ4n) is 3.71. The van der Waals surface area contributed by atoms with Gasteiger partial charge in [0.2, 0.25) is 22.2 Å². The lowest BCUT2D eigenvalue weighted by molar-refractivity contribution is -0.384. The zero-order chi connectivity index (χ0) is 25.9. The number of amides is 1. The summed E-state index contributed by atoms with van der Waals surface area (Å²) < 4.78 is 37.0. The Balaban J connectivity index is 2.09. The third kappa shape index (κ3) is 6.23. The van der Waals surface area contributed by atoms with E-state index < -0.39 is 58.1 Å². The summed E-state index contributed by atoms with van der Waals surface area (Å²) in [5.74, 6) is -0.656. The highest BCUT2D eigenvalue weighted by Gasteiger charge is 2.46. The van der Waals surface area contributed by atoms with Gasteiger partial charge in [0.1, 0.15) is 35.7 Å². The summed E-state index contributed by atoms with van der Waals surface area (Å²) in [7, 11) is -3.63. The minimum absolute atomic E-state index is 0.0269. The van der Waals surface area contributed by atoms with Crippen LogP contribution in [0, 0.1) is 10.1 Å². The lowest BCUT2D eigenvalue weighted by Gasteiger charge is -2.42. The van der Waals surface area contributed by atoms with Gasteiger partial charge in [-0.2, -0.15) is 0 Å². The van der Waals surface area contributed by atoms with E-state index in [0.717, 1.165) is 6.26 Å². The number of hydrogen-bond acceptors (Lipinski definition) is 10. The summed E-state index contributed by atoms with van der Waals surface area (Å²) in [5, 5.41) is 44.4. The maximum Gasteiger partial charge on any atom is 0.280 e. The number of ether oxygens (including phenoxy) is 2. The first kappa shape index (κ1) is 26.3. The van der Waals surface area contributed by atoms with E-state index in [1.54, 1.807) is 0 Å². The molecule has 13 nitrogen and oxygen atoms in total. The van der Waals surface area contributed by atoms with Crippen LogP contribution in [0.3, 0.4) is 0 Å². The number of nitrogens with one attached hydrogen (secondary N) is 2. The summed E-state index contributed by atoms with van der Waals surface area (Å²) >= 11 is 0. The molecule has 14 heteroatoms. The van der Waals surface area contributed by atoms with Gasteiger partial charge in [0.25, 0.3) is 5.69 Å². The standard InChI is InChI=1S/C21H25N3O10S/c1-11(26)22-18-20(28)19(27)16(10-25)34-21(18)33-15-8-4-7-14(24(29)30)17(15)12-5-3-6-13(9-12)23-35(2,31)32/h3-9,16,18-21,23,25,27-28H,10H2,1-2H3,(H,22,26)/t16?,18?,19-,20+,21+/m0/s1. The lowest BCUT2D eigenvalue weighted by atomic mass is 9.96. The van der Waals surface area contributed by atoms with Gasteiger partial charge in [0, 0.05) is 18.7 Å². The molecule has 5 N–H and O–H groups in total. The highest BCUT2D eigenvalue weighted by molar-refractivity contribution is 7.92. The number of rotatable bonds is 8. The largest absolute Gasteiger partial charge is 0.462 e. The Morgan fingerprint density at radius 3 is 2.49 bits per heavy atom. The summed E-state index contributed by atoms with van der Waals surface area (Å²) in [5.41, 5.74) is -0.0173. The first-order chi connectivity index (χ1) is 16.4. The van der Waals surface area contributed by atoms with Crippen LogP contribution in [0.4, 0.5) is 11.4 Å². The van der Waals surface area contributed by atoms with Crippen molar-refractivity contribution in [3.05, 3.63) is 52.6 Å². The molecule has 0 bridgehead atoms. The smallest absolute Gasteiger partial charge is 0.280 e. The molecule has 1 aliphatic heterocycles. The average Bonchev–Trinajstić information content (AvgIpc) is 2.77. The molecule has 5 atom stereocenters. The monoisotopic (exact) mass is 511 g/mol. The Bertz CT molecular complexity index is 1210. The van der Waals surface area contributed by atoms with Gasteiger partial charge >= 0.3 is 0 Å². The topological polar surface area (TPSA) is 198 Å². The van der Waals surface area contributed by atoms with Crippen molar-refractivity contribution in [2.24, 2.45) is 0 Å². The predicted molar refractivity (Wildman–Crippen MR) is 123 cm³/mol. The number of nitro benzene ring substituents is 1. The zero-order valence-corrected chi connectivity index (χ0v) is 19.5. The molecule has 1 amide bonds. The van der Waals surface area contributed by atoms with E-state index in [0.29, 0.717) is 0 Å². The van der Waals surface area contributed by atoms with E-state index in [2.05, 4.69) is 10.0 Å². The van der Waals surface area contributed by atoms with Crippen LogP contribution in [0.2, 0.25) is 0 Å². The van der Waals surface area contributed by atoms with Gasteiger partial charge in [0.05, 0.1) is 17.8 Å². The van der Waals surface area contributed by atoms with E-state index in [1.807, 2.05) is 0 Å². The number of benzene rings is 2. The second-order valence-corrected chi connectivity index (χ2v) is 9.66. The average molecular weight is 512 g/mol. The number of sulfonamides is 1. The second kappa shape index (κ2) is 10.5. The van der Waals surface area contributed by atoms with E-state index in [9.17, 15) is 38.6 Å². The molecule has 0 aliphatic carbocycles. The Kier molecular flexibility index (Phi) is 7.92. The van der Waals surface area contributed by atoms with Crippen LogP contribution >= 0.6 is 0 Å². The van der Waals surface area contributed by atoms with Crippen LogP contribution in [0.25, 0.3) is 11.1 Å². The summed E-state index contributed by atoms with van der Waals surface area (Å²) in [6.45, 7) is 0.499. The highest BCUT2D eigenvalue weighted by Crippen LogP contribution is 2.40. The number of carbonyl (C=O) groups excluding carboxylic acids is 1. The Morgan fingerprint density at radius 2 is 1.89 bits per heavy atom. The molecule has 1 fully saturated rings. The molecule has 35 heavy (non-hydrogen) atoms. The highest BCUT2D eigenvalue weighted by atomic mass is 32.2. The van der Waals surface area contributed by atoms with E-state index >= 15 is 0 Å². The van der Waals surface area contributed by atoms with Crippen LogP contribution < -0.4 is 14.8 Å². The fourth-order valence-corrected chi connectivity index (χ4v) is 4.26. The molecule has 3 rings (SSSR count). The first-order valence-electron chi connectivity index (χ1n) is 10.3. The van der Waals surface area contributed by atoms with Gasteiger partial charge in [-0.3, -0.25) is 19.6 Å². The van der Waals surface area contributed by atoms with Crippen LogP contribution in [-0.4, -0.2) is 78.1 Å². The SMILES string of the molecule is CC(=O)NC1[C@H](Oc2cccc([N+](=O)[O-])c2-c2cccc(NS(C)(=O)=O)c2)OC(CO)[C@H](O)[C@@H]1O. The van der Waals surface area contributed by atoms with Crippen molar-refractivity contribution in [3.8, 4) is 16.9 Å². The molecule has 2 aromatic carbocycles. The number of hydrogen-bond donors (Lipinski definition) is 5. The molecular weight excluding hydrogens is 486 g/mol. The summed E-state index contributed by atoms with van der Waals surface area (Å²) in [6, 6.07) is 8.50. The quantitative estimate of drug-likeness (QED) is 0.237. The van der Waals surface area contributed by atoms with Crippen molar-refractivity contribution >= 4 is 27.3 Å². The van der Waals surface area contributed by atoms with Gasteiger partial charge in [-0.15, -0.1) is 0 Å². The first-order valence-corrected chi connectivity index (χ1v) is 12.2. The normalized spacial score (nSPS) is 24.4.